The Morgan fingerprint density at radius 3 is 2.23 bits per heavy atom. The molecule has 0 saturated carbocycles. The van der Waals surface area contributed by atoms with Gasteiger partial charge in [-0.2, -0.15) is 0 Å². The lowest BCUT2D eigenvalue weighted by Crippen LogP contribution is -2.23. The van der Waals surface area contributed by atoms with Gasteiger partial charge in [0, 0.05) is 28.3 Å². The maximum atomic E-state index is 13.4. The molecule has 3 aromatic carbocycles. The zero-order valence-electron chi connectivity index (χ0n) is 17.3. The molecule has 6 heteroatoms. The standard InChI is InChI=1S/C25H20O6/c1-11-6-12-4-5-14-15(20(12)19(7-11)31-3)10-17-22(24(14)28)25(29)21-16(23(17)27)8-13(30-2)9-18(21)26/h6-10,26,28H,4-5H2,1-3H3. The number of rotatable bonds is 2. The summed E-state index contributed by atoms with van der Waals surface area (Å²) in [6.45, 7) is 1.99. The highest BCUT2D eigenvalue weighted by Gasteiger charge is 2.38. The molecule has 2 aliphatic carbocycles. The van der Waals surface area contributed by atoms with Gasteiger partial charge < -0.3 is 19.7 Å². The molecule has 156 valence electrons. The Kier molecular flexibility index (Phi) is 4.09. The quantitative estimate of drug-likeness (QED) is 0.514. The smallest absolute Gasteiger partial charge is 0.201 e. The van der Waals surface area contributed by atoms with E-state index in [4.69, 9.17) is 9.47 Å². The van der Waals surface area contributed by atoms with Gasteiger partial charge in [0.1, 0.15) is 23.0 Å². The summed E-state index contributed by atoms with van der Waals surface area (Å²) in [6.07, 6.45) is 1.20. The number of carbonyl (C=O) groups excluding carboxylic acids is 2. The van der Waals surface area contributed by atoms with Crippen LogP contribution in [-0.4, -0.2) is 36.0 Å². The lowest BCUT2D eigenvalue weighted by Gasteiger charge is -2.27. The van der Waals surface area contributed by atoms with Gasteiger partial charge in [-0.1, -0.05) is 6.07 Å². The van der Waals surface area contributed by atoms with Gasteiger partial charge in [-0.15, -0.1) is 0 Å². The second-order valence-corrected chi connectivity index (χ2v) is 7.90. The summed E-state index contributed by atoms with van der Waals surface area (Å²) in [5, 5.41) is 21.5. The van der Waals surface area contributed by atoms with Crippen LogP contribution in [0.2, 0.25) is 0 Å². The van der Waals surface area contributed by atoms with Crippen molar-refractivity contribution >= 4 is 11.6 Å². The Balaban J connectivity index is 1.81. The van der Waals surface area contributed by atoms with Gasteiger partial charge >= 0.3 is 0 Å². The molecule has 2 N–H and O–H groups in total. The number of fused-ring (bicyclic) bond motifs is 5. The van der Waals surface area contributed by atoms with Crippen molar-refractivity contribution in [2.24, 2.45) is 0 Å². The van der Waals surface area contributed by atoms with E-state index in [1.54, 1.807) is 13.2 Å². The van der Waals surface area contributed by atoms with Crippen molar-refractivity contribution < 1.29 is 29.3 Å². The summed E-state index contributed by atoms with van der Waals surface area (Å²) in [6, 6.07) is 8.37. The molecule has 5 rings (SSSR count). The number of aryl methyl sites for hydroxylation is 2. The number of hydrogen-bond acceptors (Lipinski definition) is 6. The van der Waals surface area contributed by atoms with E-state index in [0.717, 1.165) is 16.7 Å². The van der Waals surface area contributed by atoms with Crippen LogP contribution in [0.25, 0.3) is 11.1 Å². The summed E-state index contributed by atoms with van der Waals surface area (Å²) in [5.74, 6) is -0.657. The number of phenols is 2. The Labute approximate surface area is 178 Å². The van der Waals surface area contributed by atoms with E-state index in [0.29, 0.717) is 29.7 Å². The van der Waals surface area contributed by atoms with E-state index in [2.05, 4.69) is 6.07 Å². The van der Waals surface area contributed by atoms with Gasteiger partial charge in [-0.05, 0) is 54.7 Å². The van der Waals surface area contributed by atoms with Crippen molar-refractivity contribution in [2.75, 3.05) is 14.2 Å². The third kappa shape index (κ3) is 2.57. The van der Waals surface area contributed by atoms with Gasteiger partial charge in [-0.25, -0.2) is 0 Å². The van der Waals surface area contributed by atoms with Crippen LogP contribution in [0, 0.1) is 6.92 Å². The monoisotopic (exact) mass is 416 g/mol. The Hall–Kier alpha value is -3.80. The molecule has 0 spiro atoms. The van der Waals surface area contributed by atoms with E-state index >= 15 is 0 Å². The summed E-state index contributed by atoms with van der Waals surface area (Å²) >= 11 is 0. The van der Waals surface area contributed by atoms with Gasteiger partial charge in [0.2, 0.25) is 5.78 Å². The van der Waals surface area contributed by atoms with Crippen LogP contribution in [0.1, 0.15) is 48.5 Å². The number of benzene rings is 3. The molecule has 6 nitrogen and oxygen atoms in total. The molecule has 0 unspecified atom stereocenters. The molecule has 0 saturated heterocycles. The van der Waals surface area contributed by atoms with Crippen LogP contribution in [0.5, 0.6) is 23.0 Å². The molecule has 0 atom stereocenters. The van der Waals surface area contributed by atoms with Crippen molar-refractivity contribution in [1.29, 1.82) is 0 Å². The van der Waals surface area contributed by atoms with E-state index in [-0.39, 0.29) is 39.5 Å². The number of carbonyl (C=O) groups is 2. The van der Waals surface area contributed by atoms with Crippen LogP contribution in [0.3, 0.4) is 0 Å². The third-order valence-corrected chi connectivity index (χ3v) is 6.14. The summed E-state index contributed by atoms with van der Waals surface area (Å²) < 4.78 is 10.7. The van der Waals surface area contributed by atoms with Crippen molar-refractivity contribution in [3.05, 3.63) is 69.3 Å². The first kappa shape index (κ1) is 19.2. The zero-order chi connectivity index (χ0) is 22.0. The van der Waals surface area contributed by atoms with Crippen molar-refractivity contribution in [1.82, 2.24) is 0 Å². The lowest BCUT2D eigenvalue weighted by molar-refractivity contribution is 0.0974. The third-order valence-electron chi connectivity index (χ3n) is 6.14. The minimum absolute atomic E-state index is 0.0561. The van der Waals surface area contributed by atoms with Crippen molar-refractivity contribution in [3.63, 3.8) is 0 Å². The molecule has 0 bridgehead atoms. The van der Waals surface area contributed by atoms with Gasteiger partial charge in [0.05, 0.1) is 25.3 Å². The molecular weight excluding hydrogens is 396 g/mol. The minimum atomic E-state index is -0.577. The van der Waals surface area contributed by atoms with E-state index in [9.17, 15) is 19.8 Å². The molecule has 0 radical (unpaired) electrons. The Bertz CT molecular complexity index is 1300. The molecule has 0 heterocycles. The van der Waals surface area contributed by atoms with Gasteiger partial charge in [0.15, 0.2) is 5.78 Å². The molecule has 2 aliphatic rings. The molecule has 0 fully saturated rings. The highest BCUT2D eigenvalue weighted by Crippen LogP contribution is 2.48. The van der Waals surface area contributed by atoms with Crippen LogP contribution in [0.15, 0.2) is 30.3 Å². The SMILES string of the molecule is COc1cc(O)c2c(c1)C(=O)c1cc3c(c(O)c1C2=O)CCc1cc(C)cc(OC)c1-3. The average Bonchev–Trinajstić information content (AvgIpc) is 2.75. The number of ether oxygens (including phenoxy) is 2. The van der Waals surface area contributed by atoms with Crippen molar-refractivity contribution in [3.8, 4) is 34.1 Å². The van der Waals surface area contributed by atoms with E-state index in [1.165, 1.54) is 19.2 Å². The molecule has 0 amide bonds. The van der Waals surface area contributed by atoms with Gasteiger partial charge in [0.25, 0.3) is 0 Å². The minimum Gasteiger partial charge on any atom is -0.507 e. The highest BCUT2D eigenvalue weighted by molar-refractivity contribution is 6.31. The van der Waals surface area contributed by atoms with Crippen LogP contribution in [0.4, 0.5) is 0 Å². The second kappa shape index (κ2) is 6.60. The first-order chi connectivity index (χ1) is 14.8. The largest absolute Gasteiger partial charge is 0.507 e. The Morgan fingerprint density at radius 1 is 0.774 bits per heavy atom. The van der Waals surface area contributed by atoms with Crippen LogP contribution in [-0.2, 0) is 12.8 Å². The molecule has 31 heavy (non-hydrogen) atoms. The molecule has 0 aromatic heterocycles. The first-order valence-corrected chi connectivity index (χ1v) is 9.92. The lowest BCUT2D eigenvalue weighted by atomic mass is 9.76. The normalized spacial score (nSPS) is 13.8. The maximum absolute atomic E-state index is 13.4. The number of phenolic OH excluding ortho intramolecular Hbond substituents is 2. The molecule has 3 aromatic rings. The van der Waals surface area contributed by atoms with Crippen LogP contribution < -0.4 is 9.47 Å². The predicted octanol–water partition coefficient (Wildman–Crippen LogP) is 3.96. The Morgan fingerprint density at radius 2 is 1.52 bits per heavy atom. The zero-order valence-corrected chi connectivity index (χ0v) is 17.3. The summed E-state index contributed by atoms with van der Waals surface area (Å²) in [4.78, 5) is 26.6. The number of methoxy groups -OCH3 is 2. The number of hydrogen-bond donors (Lipinski definition) is 2. The predicted molar refractivity (Wildman–Crippen MR) is 114 cm³/mol. The van der Waals surface area contributed by atoms with Crippen LogP contribution >= 0.6 is 0 Å². The fourth-order valence-electron chi connectivity index (χ4n) is 4.75. The molecule has 0 aliphatic heterocycles. The topological polar surface area (TPSA) is 93.1 Å². The fraction of sp³-hybridized carbons (Fsp3) is 0.200. The summed E-state index contributed by atoms with van der Waals surface area (Å²) in [7, 11) is 3.00. The highest BCUT2D eigenvalue weighted by atomic mass is 16.5. The molecular formula is C25H20O6. The number of aromatic hydroxyl groups is 2. The maximum Gasteiger partial charge on any atom is 0.201 e. The van der Waals surface area contributed by atoms with E-state index < -0.39 is 11.6 Å². The number of ketones is 2. The van der Waals surface area contributed by atoms with E-state index in [1.807, 2.05) is 13.0 Å². The first-order valence-electron chi connectivity index (χ1n) is 9.92. The average molecular weight is 416 g/mol. The van der Waals surface area contributed by atoms with Crippen molar-refractivity contribution in [2.45, 2.75) is 19.8 Å². The summed E-state index contributed by atoms with van der Waals surface area (Å²) in [5.41, 5.74) is 4.23. The fourth-order valence-corrected chi connectivity index (χ4v) is 4.75. The second-order valence-electron chi connectivity index (χ2n) is 7.90. The van der Waals surface area contributed by atoms with Gasteiger partial charge in [-0.3, -0.25) is 9.59 Å².